The number of nitrogens with one attached hydrogen (secondary N) is 1. The van der Waals surface area contributed by atoms with E-state index in [1.807, 2.05) is 0 Å². The maximum atomic E-state index is 13.1. The van der Waals surface area contributed by atoms with Crippen molar-refractivity contribution in [3.05, 3.63) is 53.9 Å². The molecule has 1 aliphatic carbocycles. The van der Waals surface area contributed by atoms with Gasteiger partial charge in [0.25, 0.3) is 5.91 Å². The number of hydrogen-bond donors (Lipinski definition) is 1. The minimum Gasteiger partial charge on any atom is -0.486 e. The molecule has 0 spiro atoms. The number of pyridine rings is 2. The lowest BCUT2D eigenvalue weighted by Crippen LogP contribution is -2.38. The number of halogens is 1. The van der Waals surface area contributed by atoms with Gasteiger partial charge in [-0.15, -0.1) is 0 Å². The third kappa shape index (κ3) is 5.00. The molecule has 2 aromatic heterocycles. The predicted octanol–water partition coefficient (Wildman–Crippen LogP) is 3.89. The Bertz CT molecular complexity index is 730. The Kier molecular flexibility index (Phi) is 6.15. The van der Waals surface area contributed by atoms with Crippen molar-refractivity contribution in [1.82, 2.24) is 15.3 Å². The molecule has 1 aliphatic rings. The van der Waals surface area contributed by atoms with Gasteiger partial charge in [-0.3, -0.25) is 14.8 Å². The van der Waals surface area contributed by atoms with Gasteiger partial charge in [0.1, 0.15) is 18.2 Å². The van der Waals surface area contributed by atoms with Crippen LogP contribution in [-0.2, 0) is 6.61 Å². The van der Waals surface area contributed by atoms with Crippen molar-refractivity contribution < 1.29 is 13.9 Å². The molecule has 0 saturated heterocycles. The molecule has 0 aliphatic heterocycles. The first-order valence-corrected chi connectivity index (χ1v) is 9.11. The molecule has 1 atom stereocenters. The van der Waals surface area contributed by atoms with E-state index in [4.69, 9.17) is 4.74 Å². The lowest BCUT2D eigenvalue weighted by Gasteiger charge is -2.28. The van der Waals surface area contributed by atoms with Crippen LogP contribution in [0.5, 0.6) is 5.75 Å². The molecule has 1 saturated carbocycles. The third-order valence-electron chi connectivity index (χ3n) is 4.87. The monoisotopic (exact) mass is 357 g/mol. The van der Waals surface area contributed by atoms with Crippen molar-refractivity contribution in [3.8, 4) is 5.75 Å². The number of rotatable bonds is 6. The highest BCUT2D eigenvalue weighted by atomic mass is 19.1. The van der Waals surface area contributed by atoms with Gasteiger partial charge in [-0.2, -0.15) is 0 Å². The first kappa shape index (κ1) is 18.3. The van der Waals surface area contributed by atoms with Gasteiger partial charge in [-0.05, 0) is 37.8 Å². The standard InChI is InChI=1S/C20H24FN3O2/c1-14(15-5-3-2-4-6-15)24-20(25)16-7-8-18(23-10-16)13-26-19-9-17(21)11-22-12-19/h7-12,14-15H,2-6,13H2,1H3,(H,24,25). The molecule has 0 radical (unpaired) electrons. The molecule has 1 amide bonds. The Morgan fingerprint density at radius 2 is 2.08 bits per heavy atom. The summed E-state index contributed by atoms with van der Waals surface area (Å²) in [7, 11) is 0. The molecule has 1 unspecified atom stereocenters. The predicted molar refractivity (Wildman–Crippen MR) is 96.3 cm³/mol. The minimum atomic E-state index is -0.449. The molecule has 0 bridgehead atoms. The van der Waals surface area contributed by atoms with Gasteiger partial charge in [0.05, 0.1) is 23.7 Å². The lowest BCUT2D eigenvalue weighted by atomic mass is 9.84. The molecule has 5 nitrogen and oxygen atoms in total. The summed E-state index contributed by atoms with van der Waals surface area (Å²) < 4.78 is 18.5. The fraction of sp³-hybridized carbons (Fsp3) is 0.450. The van der Waals surface area contributed by atoms with Crippen LogP contribution < -0.4 is 10.1 Å². The Morgan fingerprint density at radius 3 is 2.77 bits per heavy atom. The zero-order chi connectivity index (χ0) is 18.4. The third-order valence-corrected chi connectivity index (χ3v) is 4.87. The largest absolute Gasteiger partial charge is 0.486 e. The fourth-order valence-corrected chi connectivity index (χ4v) is 3.31. The van der Waals surface area contributed by atoms with E-state index in [2.05, 4.69) is 22.2 Å². The van der Waals surface area contributed by atoms with Gasteiger partial charge in [-0.1, -0.05) is 19.3 Å². The summed E-state index contributed by atoms with van der Waals surface area (Å²) in [6.07, 6.45) is 10.3. The number of ether oxygens (including phenoxy) is 1. The zero-order valence-electron chi connectivity index (χ0n) is 15.0. The maximum absolute atomic E-state index is 13.1. The lowest BCUT2D eigenvalue weighted by molar-refractivity contribution is 0.0919. The van der Waals surface area contributed by atoms with Crippen LogP contribution in [0.1, 0.15) is 55.1 Å². The first-order chi connectivity index (χ1) is 12.6. The molecule has 6 heteroatoms. The van der Waals surface area contributed by atoms with Crippen molar-refractivity contribution in [2.45, 2.75) is 51.7 Å². The number of carbonyl (C=O) groups excluding carboxylic acids is 1. The average molecular weight is 357 g/mol. The Hall–Kier alpha value is -2.50. The van der Waals surface area contributed by atoms with E-state index in [0.717, 1.165) is 6.20 Å². The van der Waals surface area contributed by atoms with Crippen molar-refractivity contribution in [1.29, 1.82) is 0 Å². The normalized spacial score (nSPS) is 16.1. The van der Waals surface area contributed by atoms with Crippen molar-refractivity contribution >= 4 is 5.91 Å². The molecule has 138 valence electrons. The van der Waals surface area contributed by atoms with Crippen LogP contribution in [0.2, 0.25) is 0 Å². The average Bonchev–Trinajstić information content (AvgIpc) is 2.67. The minimum absolute atomic E-state index is 0.0997. The number of hydrogen-bond acceptors (Lipinski definition) is 4. The van der Waals surface area contributed by atoms with Gasteiger partial charge >= 0.3 is 0 Å². The van der Waals surface area contributed by atoms with E-state index in [-0.39, 0.29) is 18.6 Å². The second-order valence-electron chi connectivity index (χ2n) is 6.83. The van der Waals surface area contributed by atoms with E-state index in [0.29, 0.717) is 22.9 Å². The second kappa shape index (κ2) is 8.74. The maximum Gasteiger partial charge on any atom is 0.253 e. The van der Waals surface area contributed by atoms with E-state index >= 15 is 0 Å². The molecule has 26 heavy (non-hydrogen) atoms. The van der Waals surface area contributed by atoms with Crippen LogP contribution in [-0.4, -0.2) is 21.9 Å². The molecule has 2 aromatic rings. The fourth-order valence-electron chi connectivity index (χ4n) is 3.31. The highest BCUT2D eigenvalue weighted by molar-refractivity contribution is 5.94. The van der Waals surface area contributed by atoms with E-state index in [1.165, 1.54) is 44.4 Å². The van der Waals surface area contributed by atoms with Gasteiger partial charge in [-0.25, -0.2) is 4.39 Å². The molecule has 2 heterocycles. The molecule has 3 rings (SSSR count). The summed E-state index contributed by atoms with van der Waals surface area (Å²) in [6.45, 7) is 2.27. The van der Waals surface area contributed by atoms with Crippen molar-refractivity contribution in [2.24, 2.45) is 5.92 Å². The van der Waals surface area contributed by atoms with Crippen molar-refractivity contribution in [3.63, 3.8) is 0 Å². The molecule has 1 fully saturated rings. The highest BCUT2D eigenvalue weighted by Crippen LogP contribution is 2.26. The molecule has 1 N–H and O–H groups in total. The first-order valence-electron chi connectivity index (χ1n) is 9.11. The summed E-state index contributed by atoms with van der Waals surface area (Å²) in [5.74, 6) is 0.357. The summed E-state index contributed by atoms with van der Waals surface area (Å²) in [6, 6.07) is 4.92. The van der Waals surface area contributed by atoms with E-state index in [1.54, 1.807) is 18.3 Å². The Balaban J connectivity index is 1.52. The summed E-state index contributed by atoms with van der Waals surface area (Å²) >= 11 is 0. The van der Waals surface area contributed by atoms with E-state index < -0.39 is 5.82 Å². The molecular formula is C20H24FN3O2. The zero-order valence-corrected chi connectivity index (χ0v) is 15.0. The topological polar surface area (TPSA) is 64.1 Å². The quantitative estimate of drug-likeness (QED) is 0.852. The van der Waals surface area contributed by atoms with Crippen LogP contribution in [0, 0.1) is 11.7 Å². The summed E-state index contributed by atoms with van der Waals surface area (Å²) in [4.78, 5) is 20.4. The SMILES string of the molecule is CC(NC(=O)c1ccc(COc2cncc(F)c2)nc1)C1CCCCC1. The number of nitrogens with zero attached hydrogens (tertiary/aromatic N) is 2. The smallest absolute Gasteiger partial charge is 0.253 e. The molecule has 0 aromatic carbocycles. The van der Waals surface area contributed by atoms with E-state index in [9.17, 15) is 9.18 Å². The van der Waals surface area contributed by atoms with Crippen LogP contribution in [0.3, 0.4) is 0 Å². The second-order valence-corrected chi connectivity index (χ2v) is 6.83. The van der Waals surface area contributed by atoms with Crippen LogP contribution >= 0.6 is 0 Å². The van der Waals surface area contributed by atoms with Gasteiger partial charge in [0.2, 0.25) is 0 Å². The number of carbonyl (C=O) groups is 1. The van der Waals surface area contributed by atoms with Gasteiger partial charge in [0.15, 0.2) is 0 Å². The van der Waals surface area contributed by atoms with Crippen LogP contribution in [0.15, 0.2) is 36.8 Å². The Morgan fingerprint density at radius 1 is 1.27 bits per heavy atom. The number of amides is 1. The van der Waals surface area contributed by atoms with Gasteiger partial charge in [0, 0.05) is 18.3 Å². The molecular weight excluding hydrogens is 333 g/mol. The van der Waals surface area contributed by atoms with Gasteiger partial charge < -0.3 is 10.1 Å². The Labute approximate surface area is 153 Å². The number of aromatic nitrogens is 2. The van der Waals surface area contributed by atoms with Crippen molar-refractivity contribution in [2.75, 3.05) is 0 Å². The highest BCUT2D eigenvalue weighted by Gasteiger charge is 2.21. The summed E-state index contributed by atoms with van der Waals surface area (Å²) in [5.41, 5.74) is 1.19. The van der Waals surface area contributed by atoms with Crippen LogP contribution in [0.4, 0.5) is 4.39 Å². The summed E-state index contributed by atoms with van der Waals surface area (Å²) in [5, 5.41) is 3.09. The van der Waals surface area contributed by atoms with Crippen LogP contribution in [0.25, 0.3) is 0 Å².